The molecule has 1 fully saturated rings. The molecule has 0 spiro atoms. The fraction of sp³-hybridized carbons (Fsp3) is 0.364. The lowest BCUT2D eigenvalue weighted by molar-refractivity contribution is -0.132. The monoisotopic (exact) mass is 206 g/mol. The molecule has 1 unspecified atom stereocenters. The molecule has 0 bridgehead atoms. The summed E-state index contributed by atoms with van der Waals surface area (Å²) in [7, 11) is 0. The molecule has 0 saturated carbocycles. The Morgan fingerprint density at radius 2 is 2.13 bits per heavy atom. The van der Waals surface area contributed by atoms with Crippen molar-refractivity contribution in [3.8, 4) is 0 Å². The number of hydrogen-bond acceptors (Lipinski definition) is 3. The van der Waals surface area contributed by atoms with Crippen LogP contribution in [0, 0.1) is 0 Å². The number of amides is 1. The van der Waals surface area contributed by atoms with Gasteiger partial charge in [-0.05, 0) is 25.1 Å². The number of benzene rings is 1. The zero-order valence-electron chi connectivity index (χ0n) is 8.36. The molecule has 1 amide bonds. The lowest BCUT2D eigenvalue weighted by Crippen LogP contribution is -2.44. The highest BCUT2D eigenvalue weighted by Crippen LogP contribution is 2.17. The van der Waals surface area contributed by atoms with E-state index in [2.05, 4.69) is 10.6 Å². The van der Waals surface area contributed by atoms with Gasteiger partial charge in [-0.1, -0.05) is 18.2 Å². The Morgan fingerprint density at radius 3 is 2.73 bits per heavy atom. The molecule has 4 nitrogen and oxygen atoms in total. The zero-order valence-corrected chi connectivity index (χ0v) is 8.36. The predicted molar refractivity (Wildman–Crippen MR) is 57.5 cm³/mol. The Hall–Kier alpha value is -1.39. The normalized spacial score (nSPS) is 25.1. The van der Waals surface area contributed by atoms with Gasteiger partial charge in [-0.2, -0.15) is 0 Å². The molecule has 1 aliphatic rings. The van der Waals surface area contributed by atoms with Gasteiger partial charge in [0.2, 0.25) is 0 Å². The molecule has 0 aliphatic carbocycles. The summed E-state index contributed by atoms with van der Waals surface area (Å²) < 4.78 is 0. The van der Waals surface area contributed by atoms with Crippen molar-refractivity contribution < 1.29 is 9.90 Å². The van der Waals surface area contributed by atoms with E-state index >= 15 is 0 Å². The molecule has 1 saturated heterocycles. The Morgan fingerprint density at radius 1 is 1.40 bits per heavy atom. The van der Waals surface area contributed by atoms with Gasteiger partial charge >= 0.3 is 0 Å². The molecule has 1 aromatic carbocycles. The minimum Gasteiger partial charge on any atom is -0.379 e. The number of anilines is 1. The summed E-state index contributed by atoms with van der Waals surface area (Å²) in [6.45, 7) is 1.00. The smallest absolute Gasteiger partial charge is 0.257 e. The first-order chi connectivity index (χ1) is 7.21. The second kappa shape index (κ2) is 4.00. The van der Waals surface area contributed by atoms with Crippen LogP contribution in [0.5, 0.6) is 0 Å². The van der Waals surface area contributed by atoms with Crippen LogP contribution >= 0.6 is 0 Å². The number of rotatable bonds is 2. The van der Waals surface area contributed by atoms with Crippen molar-refractivity contribution in [2.45, 2.75) is 12.0 Å². The molecule has 3 N–H and O–H groups in total. The Bertz CT molecular complexity index is 345. The van der Waals surface area contributed by atoms with Crippen molar-refractivity contribution in [3.05, 3.63) is 30.3 Å². The lowest BCUT2D eigenvalue weighted by Gasteiger charge is -2.20. The molecule has 0 radical (unpaired) electrons. The SMILES string of the molecule is O=C(Nc1ccccc1)C1(O)CCNC1. The van der Waals surface area contributed by atoms with Crippen LogP contribution in [-0.2, 0) is 4.79 Å². The standard InChI is InChI=1S/C11H14N2O2/c14-10(11(15)6-7-12-8-11)13-9-4-2-1-3-5-9/h1-5,12,15H,6-8H2,(H,13,14). The van der Waals surface area contributed by atoms with E-state index < -0.39 is 5.60 Å². The van der Waals surface area contributed by atoms with E-state index in [4.69, 9.17) is 0 Å². The minimum atomic E-state index is -1.25. The molecule has 2 rings (SSSR count). The number of hydrogen-bond donors (Lipinski definition) is 3. The van der Waals surface area contributed by atoms with Crippen molar-refractivity contribution in [2.75, 3.05) is 18.4 Å². The Labute approximate surface area is 88.3 Å². The summed E-state index contributed by atoms with van der Waals surface area (Å²) in [4.78, 5) is 11.7. The van der Waals surface area contributed by atoms with Gasteiger partial charge in [-0.25, -0.2) is 0 Å². The van der Waals surface area contributed by atoms with Crippen LogP contribution in [0.25, 0.3) is 0 Å². The highest BCUT2D eigenvalue weighted by atomic mass is 16.3. The van der Waals surface area contributed by atoms with E-state index in [1.807, 2.05) is 18.2 Å². The average Bonchev–Trinajstić information content (AvgIpc) is 2.68. The maximum atomic E-state index is 11.7. The van der Waals surface area contributed by atoms with Gasteiger partial charge < -0.3 is 15.7 Å². The second-order valence-electron chi connectivity index (χ2n) is 3.78. The van der Waals surface area contributed by atoms with Gasteiger partial charge in [0.05, 0.1) is 0 Å². The van der Waals surface area contributed by atoms with E-state index in [9.17, 15) is 9.90 Å². The van der Waals surface area contributed by atoms with E-state index in [0.29, 0.717) is 25.2 Å². The van der Waals surface area contributed by atoms with Gasteiger partial charge in [0.25, 0.3) is 5.91 Å². The number of para-hydroxylation sites is 1. The number of carbonyl (C=O) groups is 1. The van der Waals surface area contributed by atoms with Gasteiger partial charge in [0, 0.05) is 12.2 Å². The molecule has 4 heteroatoms. The summed E-state index contributed by atoms with van der Waals surface area (Å²) in [5.74, 6) is -0.335. The van der Waals surface area contributed by atoms with Crippen LogP contribution in [-0.4, -0.2) is 29.7 Å². The largest absolute Gasteiger partial charge is 0.379 e. The topological polar surface area (TPSA) is 61.4 Å². The minimum absolute atomic E-state index is 0.325. The van der Waals surface area contributed by atoms with Crippen molar-refractivity contribution in [3.63, 3.8) is 0 Å². The molecule has 1 heterocycles. The van der Waals surface area contributed by atoms with E-state index in [0.717, 1.165) is 0 Å². The highest BCUT2D eigenvalue weighted by Gasteiger charge is 2.38. The van der Waals surface area contributed by atoms with Crippen LogP contribution in [0.2, 0.25) is 0 Å². The summed E-state index contributed by atoms with van der Waals surface area (Å²) in [6, 6.07) is 9.15. The Balaban J connectivity index is 2.04. The number of β-amino-alcohol motifs (C(OH)–C–C–N with tert-alkyl or cyclic N) is 1. The molecular weight excluding hydrogens is 192 g/mol. The number of carbonyl (C=O) groups excluding carboxylic acids is 1. The van der Waals surface area contributed by atoms with E-state index in [1.165, 1.54) is 0 Å². The van der Waals surface area contributed by atoms with Gasteiger partial charge in [0.1, 0.15) is 0 Å². The van der Waals surface area contributed by atoms with Crippen molar-refractivity contribution in [1.82, 2.24) is 5.32 Å². The van der Waals surface area contributed by atoms with Crippen LogP contribution in [0.3, 0.4) is 0 Å². The van der Waals surface area contributed by atoms with Crippen LogP contribution < -0.4 is 10.6 Å². The third kappa shape index (κ3) is 2.16. The molecule has 1 atom stereocenters. The van der Waals surface area contributed by atoms with Crippen molar-refractivity contribution >= 4 is 11.6 Å². The fourth-order valence-corrected chi connectivity index (χ4v) is 1.64. The maximum Gasteiger partial charge on any atom is 0.257 e. The van der Waals surface area contributed by atoms with Crippen LogP contribution in [0.1, 0.15) is 6.42 Å². The Kier molecular flexibility index (Phi) is 2.70. The van der Waals surface area contributed by atoms with Gasteiger partial charge in [-0.3, -0.25) is 4.79 Å². The van der Waals surface area contributed by atoms with E-state index in [-0.39, 0.29) is 5.91 Å². The molecule has 15 heavy (non-hydrogen) atoms. The van der Waals surface area contributed by atoms with Crippen molar-refractivity contribution in [1.29, 1.82) is 0 Å². The highest BCUT2D eigenvalue weighted by molar-refractivity contribution is 5.97. The van der Waals surface area contributed by atoms with E-state index in [1.54, 1.807) is 12.1 Å². The first kappa shape index (κ1) is 10.1. The first-order valence-corrected chi connectivity index (χ1v) is 5.00. The molecular formula is C11H14N2O2. The van der Waals surface area contributed by atoms with Gasteiger partial charge in [0.15, 0.2) is 5.60 Å². The summed E-state index contributed by atoms with van der Waals surface area (Å²) in [5.41, 5.74) is -0.543. The quantitative estimate of drug-likeness (QED) is 0.654. The first-order valence-electron chi connectivity index (χ1n) is 5.00. The second-order valence-corrected chi connectivity index (χ2v) is 3.78. The maximum absolute atomic E-state index is 11.7. The summed E-state index contributed by atoms with van der Waals surface area (Å²) in [6.07, 6.45) is 0.464. The van der Waals surface area contributed by atoms with Crippen LogP contribution in [0.15, 0.2) is 30.3 Å². The summed E-state index contributed by atoms with van der Waals surface area (Å²) in [5, 5.41) is 15.6. The van der Waals surface area contributed by atoms with Crippen molar-refractivity contribution in [2.24, 2.45) is 0 Å². The molecule has 80 valence electrons. The van der Waals surface area contributed by atoms with Gasteiger partial charge in [-0.15, -0.1) is 0 Å². The number of aliphatic hydroxyl groups is 1. The lowest BCUT2D eigenvalue weighted by atomic mass is 10.0. The molecule has 1 aromatic rings. The number of nitrogens with one attached hydrogen (secondary N) is 2. The third-order valence-corrected chi connectivity index (χ3v) is 2.59. The summed E-state index contributed by atoms with van der Waals surface area (Å²) >= 11 is 0. The predicted octanol–water partition coefficient (Wildman–Crippen LogP) is 0.349. The average molecular weight is 206 g/mol. The molecule has 1 aliphatic heterocycles. The fourth-order valence-electron chi connectivity index (χ4n) is 1.64. The van der Waals surface area contributed by atoms with Crippen LogP contribution in [0.4, 0.5) is 5.69 Å². The zero-order chi connectivity index (χ0) is 10.7. The third-order valence-electron chi connectivity index (χ3n) is 2.59. The molecule has 0 aromatic heterocycles.